The van der Waals surface area contributed by atoms with Crippen molar-refractivity contribution in [3.63, 3.8) is 0 Å². The molecular weight excluding hydrogens is 222 g/mol. The van der Waals surface area contributed by atoms with Crippen molar-refractivity contribution in [2.24, 2.45) is 5.73 Å². The van der Waals surface area contributed by atoms with Crippen molar-refractivity contribution in [2.75, 3.05) is 6.61 Å². The largest absolute Gasteiger partial charge is 0.479 e. The molecule has 0 radical (unpaired) electrons. The Bertz CT molecular complexity index is 564. The van der Waals surface area contributed by atoms with Crippen LogP contribution in [0.4, 0.5) is 0 Å². The van der Waals surface area contributed by atoms with E-state index < -0.39 is 0 Å². The molecule has 2 heteroatoms. The molecule has 2 aromatic rings. The molecule has 0 amide bonds. The zero-order chi connectivity index (χ0) is 12.5. The lowest BCUT2D eigenvalue weighted by molar-refractivity contribution is 0.202. The minimum atomic E-state index is 0. The van der Waals surface area contributed by atoms with E-state index in [1.54, 1.807) is 0 Å². The highest BCUT2D eigenvalue weighted by Gasteiger charge is 2.28. The van der Waals surface area contributed by atoms with E-state index in [9.17, 15) is 0 Å². The fourth-order valence-corrected chi connectivity index (χ4v) is 2.63. The summed E-state index contributed by atoms with van der Waals surface area (Å²) in [6, 6.07) is 16.9. The lowest BCUT2D eigenvalue weighted by Gasteiger charge is -2.14. The minimum absolute atomic E-state index is 0. The average Bonchev–Trinajstić information content (AvgIpc) is 2.71. The summed E-state index contributed by atoms with van der Waals surface area (Å²) < 4.78 is 5.42. The van der Waals surface area contributed by atoms with Crippen LogP contribution >= 0.6 is 0 Å². The van der Waals surface area contributed by atoms with E-state index in [4.69, 9.17) is 10.5 Å². The predicted molar refractivity (Wildman–Crippen MR) is 75.1 cm³/mol. The molecule has 0 spiro atoms. The van der Waals surface area contributed by atoms with Crippen LogP contribution in [0.5, 0.6) is 0 Å². The Hall–Kier alpha value is -2.22. The third kappa shape index (κ3) is 1.66. The first-order valence-corrected chi connectivity index (χ1v) is 6.03. The second-order valence-corrected chi connectivity index (χ2v) is 4.50. The summed E-state index contributed by atoms with van der Waals surface area (Å²) in [4.78, 5) is 0. The summed E-state index contributed by atoms with van der Waals surface area (Å²) in [5.74, 6) is 0.523. The highest BCUT2D eigenvalue weighted by molar-refractivity contribution is 5.78. The van der Waals surface area contributed by atoms with E-state index in [1.165, 1.54) is 22.3 Å². The van der Waals surface area contributed by atoms with Crippen molar-refractivity contribution in [3.8, 4) is 11.1 Å². The zero-order valence-corrected chi connectivity index (χ0v) is 10.1. The van der Waals surface area contributed by atoms with Gasteiger partial charge < -0.3 is 10.5 Å². The van der Waals surface area contributed by atoms with Gasteiger partial charge in [0.05, 0.1) is 0 Å². The van der Waals surface area contributed by atoms with Gasteiger partial charge in [0.25, 0.3) is 0 Å². The van der Waals surface area contributed by atoms with E-state index >= 15 is 0 Å². The lowest BCUT2D eigenvalue weighted by atomic mass is 9.98. The minimum Gasteiger partial charge on any atom is -0.479 e. The van der Waals surface area contributed by atoms with Gasteiger partial charge >= 0.3 is 0 Å². The molecule has 2 N–H and O–H groups in total. The quantitative estimate of drug-likeness (QED) is 0.832. The van der Waals surface area contributed by atoms with Crippen LogP contribution in [-0.2, 0) is 4.74 Å². The van der Waals surface area contributed by atoms with Gasteiger partial charge in [0.1, 0.15) is 6.61 Å². The van der Waals surface area contributed by atoms with E-state index in [2.05, 4.69) is 55.1 Å². The molecule has 0 bridgehead atoms. The van der Waals surface area contributed by atoms with Crippen molar-refractivity contribution in [3.05, 3.63) is 72.1 Å². The van der Waals surface area contributed by atoms with Crippen LogP contribution in [0.3, 0.4) is 0 Å². The van der Waals surface area contributed by atoms with Crippen LogP contribution in [0, 0.1) is 0 Å². The lowest BCUT2D eigenvalue weighted by Crippen LogP contribution is -2.09. The van der Waals surface area contributed by atoms with Crippen LogP contribution in [-0.4, -0.2) is 6.61 Å². The molecular formula is C16H17NO. The normalized spacial score (nSPS) is 12.9. The zero-order valence-electron chi connectivity index (χ0n) is 10.1. The summed E-state index contributed by atoms with van der Waals surface area (Å²) in [7, 11) is 0. The Morgan fingerprint density at radius 1 is 1.06 bits per heavy atom. The molecule has 1 aliphatic rings. The van der Waals surface area contributed by atoms with Gasteiger partial charge in [-0.1, -0.05) is 48.5 Å². The van der Waals surface area contributed by atoms with E-state index in [1.807, 2.05) is 0 Å². The Morgan fingerprint density at radius 3 is 2.06 bits per heavy atom. The van der Waals surface area contributed by atoms with E-state index in [0.717, 1.165) is 0 Å². The fourth-order valence-electron chi connectivity index (χ4n) is 2.63. The molecule has 2 aromatic carbocycles. The van der Waals surface area contributed by atoms with Crippen LogP contribution < -0.4 is 5.73 Å². The van der Waals surface area contributed by atoms with Gasteiger partial charge in [-0.15, -0.1) is 0 Å². The molecule has 3 rings (SSSR count). The number of hydrogen-bond acceptors (Lipinski definition) is 2. The first-order chi connectivity index (χ1) is 8.77. The molecule has 18 heavy (non-hydrogen) atoms. The molecule has 1 aliphatic carbocycles. The van der Waals surface area contributed by atoms with E-state index in [-0.39, 0.29) is 13.2 Å². The Morgan fingerprint density at radius 2 is 1.56 bits per heavy atom. The molecule has 0 saturated heterocycles. The molecule has 0 aliphatic heterocycles. The van der Waals surface area contributed by atoms with Gasteiger partial charge in [-0.2, -0.15) is 0 Å². The summed E-state index contributed by atoms with van der Waals surface area (Å²) in [5.41, 5.74) is 10.7. The monoisotopic (exact) mass is 239 g/mol. The van der Waals surface area contributed by atoms with Crippen molar-refractivity contribution in [1.29, 1.82) is 0 Å². The Kier molecular flexibility index (Phi) is 2.56. The van der Waals surface area contributed by atoms with Crippen LogP contribution in [0.25, 0.3) is 11.1 Å². The second-order valence-electron chi connectivity index (χ2n) is 4.50. The molecule has 0 fully saturated rings. The third-order valence-corrected chi connectivity index (χ3v) is 3.40. The first kappa shape index (κ1) is 10.9. The average molecular weight is 239 g/mol. The van der Waals surface area contributed by atoms with Crippen LogP contribution in [0.1, 0.15) is 18.5 Å². The summed E-state index contributed by atoms with van der Waals surface area (Å²) in [6.07, 6.45) is 0. The maximum atomic E-state index is 5.49. The van der Waals surface area contributed by atoms with Crippen LogP contribution in [0.15, 0.2) is 61.0 Å². The first-order valence-electron chi connectivity index (χ1n) is 6.03. The molecule has 0 saturated carbocycles. The SMILES string of the molecule is C=C(N)OCC1c2ccccc2-c2ccccc21.[HH]. The smallest absolute Gasteiger partial charge is 0.176 e. The molecule has 0 unspecified atom stereocenters. The highest BCUT2D eigenvalue weighted by atomic mass is 16.5. The molecule has 2 nitrogen and oxygen atoms in total. The molecule has 0 heterocycles. The number of ether oxygens (including phenoxy) is 1. The van der Waals surface area contributed by atoms with Crippen LogP contribution in [0.2, 0.25) is 0 Å². The molecule has 0 atom stereocenters. The second kappa shape index (κ2) is 4.22. The van der Waals surface area contributed by atoms with Crippen molar-refractivity contribution in [1.82, 2.24) is 0 Å². The third-order valence-electron chi connectivity index (χ3n) is 3.40. The maximum Gasteiger partial charge on any atom is 0.176 e. The molecule has 0 aromatic heterocycles. The standard InChI is InChI=1S/C16H15NO.H2/c1-11(17)18-10-16-14-8-4-2-6-12(14)13-7-3-5-9-15(13)16;/h2-9,16H,1,10,17H2;1H. The Balaban J connectivity index is 0.00000133. The maximum absolute atomic E-state index is 5.49. The number of benzene rings is 2. The number of rotatable bonds is 3. The van der Waals surface area contributed by atoms with Gasteiger partial charge in [0.15, 0.2) is 5.88 Å². The summed E-state index contributed by atoms with van der Waals surface area (Å²) in [5, 5.41) is 0. The number of fused-ring (bicyclic) bond motifs is 3. The van der Waals surface area contributed by atoms with Crippen molar-refractivity contribution < 1.29 is 6.16 Å². The van der Waals surface area contributed by atoms with Crippen molar-refractivity contribution >= 4 is 0 Å². The van der Waals surface area contributed by atoms with Gasteiger partial charge in [0, 0.05) is 7.34 Å². The van der Waals surface area contributed by atoms with Gasteiger partial charge in [-0.3, -0.25) is 0 Å². The Labute approximate surface area is 108 Å². The van der Waals surface area contributed by atoms with Crippen molar-refractivity contribution in [2.45, 2.75) is 5.92 Å². The van der Waals surface area contributed by atoms with Gasteiger partial charge in [0.2, 0.25) is 0 Å². The fraction of sp³-hybridized carbons (Fsp3) is 0.125. The number of hydrogen-bond donors (Lipinski definition) is 1. The van der Waals surface area contributed by atoms with Gasteiger partial charge in [-0.25, -0.2) is 0 Å². The topological polar surface area (TPSA) is 35.2 Å². The summed E-state index contributed by atoms with van der Waals surface area (Å²) >= 11 is 0. The number of nitrogens with two attached hydrogens (primary N) is 1. The van der Waals surface area contributed by atoms with Gasteiger partial charge in [-0.05, 0) is 28.8 Å². The predicted octanol–water partition coefficient (Wildman–Crippen LogP) is 3.49. The van der Waals surface area contributed by atoms with E-state index in [0.29, 0.717) is 6.61 Å². The summed E-state index contributed by atoms with van der Waals surface area (Å²) in [6.45, 7) is 4.13. The molecule has 92 valence electrons. The highest BCUT2D eigenvalue weighted by Crippen LogP contribution is 2.44.